The van der Waals surface area contributed by atoms with Crippen molar-refractivity contribution in [1.29, 1.82) is 0 Å². The maximum Gasteiger partial charge on any atom is 0.338 e. The molecule has 0 bridgehead atoms. The van der Waals surface area contributed by atoms with Crippen molar-refractivity contribution in [2.75, 3.05) is 4.90 Å². The molecule has 3 heterocycles. The second-order valence-corrected chi connectivity index (χ2v) is 13.3. The number of nitrogens with zero attached hydrogens (tertiary/aromatic N) is 1. The summed E-state index contributed by atoms with van der Waals surface area (Å²) in [7, 11) is -2.54. The third kappa shape index (κ3) is 2.34. The Labute approximate surface area is 210 Å². The van der Waals surface area contributed by atoms with Crippen LogP contribution >= 0.6 is 0 Å². The van der Waals surface area contributed by atoms with Crippen LogP contribution in [0, 0.1) is 0 Å². The molecule has 3 aliphatic rings. The number of hydrogen-bond donors (Lipinski definition) is 0. The summed E-state index contributed by atoms with van der Waals surface area (Å²) in [6.45, 7) is 0.352. The lowest BCUT2D eigenvalue weighted by atomic mass is 10.1. The van der Waals surface area contributed by atoms with E-state index in [1.165, 1.54) is 43.2 Å². The molecule has 0 saturated heterocycles. The first kappa shape index (κ1) is 19.8. The van der Waals surface area contributed by atoms with Crippen LogP contribution in [0.1, 0.15) is 15.9 Å². The number of cyclic esters (lactones) is 1. The van der Waals surface area contributed by atoms with Crippen LogP contribution in [0.25, 0.3) is 11.1 Å². The minimum absolute atomic E-state index is 0.241. The van der Waals surface area contributed by atoms with Gasteiger partial charge in [0.2, 0.25) is 0 Å². The fourth-order valence-electron chi connectivity index (χ4n) is 6.58. The molecule has 0 atom stereocenters. The van der Waals surface area contributed by atoms with Gasteiger partial charge in [-0.05, 0) is 56.1 Å². The van der Waals surface area contributed by atoms with Crippen LogP contribution in [0.2, 0.25) is 0 Å². The predicted molar refractivity (Wildman–Crippen MR) is 146 cm³/mol. The number of benzene rings is 5. The number of hydrogen-bond acceptors (Lipinski definition) is 3. The van der Waals surface area contributed by atoms with Crippen LogP contribution < -0.4 is 25.6 Å². The summed E-state index contributed by atoms with van der Waals surface area (Å²) in [5.41, 5.74) is 7.65. The van der Waals surface area contributed by atoms with Gasteiger partial charge in [0.25, 0.3) is 0 Å². The maximum absolute atomic E-state index is 12.4. The topological polar surface area (TPSA) is 29.5 Å². The highest BCUT2D eigenvalue weighted by Crippen LogP contribution is 2.41. The van der Waals surface area contributed by atoms with Crippen LogP contribution in [0.15, 0.2) is 115 Å². The van der Waals surface area contributed by atoms with Gasteiger partial charge in [0.05, 0.1) is 5.56 Å². The van der Waals surface area contributed by atoms with Crippen LogP contribution in [-0.2, 0) is 11.3 Å². The summed E-state index contributed by atoms with van der Waals surface area (Å²) in [6, 6.07) is 41.7. The number of rotatable bonds is 1. The van der Waals surface area contributed by atoms with Gasteiger partial charge in [-0.15, -0.1) is 0 Å². The van der Waals surface area contributed by atoms with E-state index in [1.807, 2.05) is 12.1 Å². The van der Waals surface area contributed by atoms with E-state index < -0.39 is 8.07 Å². The summed E-state index contributed by atoms with van der Waals surface area (Å²) >= 11 is 0. The van der Waals surface area contributed by atoms with E-state index in [9.17, 15) is 4.79 Å². The third-order valence-corrected chi connectivity index (χ3v) is 12.9. The third-order valence-electron chi connectivity index (χ3n) is 7.98. The lowest BCUT2D eigenvalue weighted by Gasteiger charge is -2.43. The summed E-state index contributed by atoms with van der Waals surface area (Å²) in [5, 5.41) is 5.65. The van der Waals surface area contributed by atoms with Crippen LogP contribution in [0.3, 0.4) is 0 Å². The van der Waals surface area contributed by atoms with Gasteiger partial charge >= 0.3 is 5.97 Å². The number of carbonyl (C=O) groups excluding carboxylic acids is 1. The fraction of sp³-hybridized carbons (Fsp3) is 0.0312. The molecule has 0 radical (unpaired) electrons. The molecule has 0 fully saturated rings. The van der Waals surface area contributed by atoms with Crippen molar-refractivity contribution in [1.82, 2.24) is 0 Å². The van der Waals surface area contributed by atoms with Crippen molar-refractivity contribution in [3.05, 3.63) is 126 Å². The van der Waals surface area contributed by atoms with E-state index in [-0.39, 0.29) is 5.97 Å². The summed E-state index contributed by atoms with van der Waals surface area (Å²) in [5.74, 6) is -0.241. The Hall–Kier alpha value is -4.41. The summed E-state index contributed by atoms with van der Waals surface area (Å²) in [4.78, 5) is 14.8. The van der Waals surface area contributed by atoms with E-state index >= 15 is 0 Å². The van der Waals surface area contributed by atoms with E-state index in [2.05, 4.69) is 108 Å². The molecule has 1 spiro atoms. The lowest BCUT2D eigenvalue weighted by molar-refractivity contribution is 0.0535. The molecule has 0 aromatic heterocycles. The Morgan fingerprint density at radius 1 is 0.583 bits per heavy atom. The molecule has 3 nitrogen and oxygen atoms in total. The van der Waals surface area contributed by atoms with Gasteiger partial charge in [-0.3, -0.25) is 0 Å². The van der Waals surface area contributed by atoms with Gasteiger partial charge < -0.3 is 9.64 Å². The molecule has 4 heteroatoms. The first-order valence-corrected chi connectivity index (χ1v) is 14.3. The molecule has 0 unspecified atom stereocenters. The van der Waals surface area contributed by atoms with Crippen molar-refractivity contribution >= 4 is 51.9 Å². The first-order chi connectivity index (χ1) is 17.8. The van der Waals surface area contributed by atoms with Gasteiger partial charge in [-0.25, -0.2) is 4.79 Å². The van der Waals surface area contributed by atoms with E-state index in [0.29, 0.717) is 12.2 Å². The lowest BCUT2D eigenvalue weighted by Crippen LogP contribution is -2.75. The Morgan fingerprint density at radius 2 is 1.11 bits per heavy atom. The molecule has 170 valence electrons. The quantitative estimate of drug-likeness (QED) is 0.257. The Bertz CT molecular complexity index is 1650. The van der Waals surface area contributed by atoms with Crippen molar-refractivity contribution in [3.8, 4) is 11.1 Å². The number of para-hydroxylation sites is 2. The van der Waals surface area contributed by atoms with Gasteiger partial charge in [-0.2, -0.15) is 0 Å². The number of fused-ring (bicyclic) bond motifs is 10. The van der Waals surface area contributed by atoms with Crippen LogP contribution in [0.4, 0.5) is 17.1 Å². The largest absolute Gasteiger partial charge is 0.457 e. The molecule has 0 aliphatic carbocycles. The molecule has 0 N–H and O–H groups in total. The molecular weight excluding hydrogens is 458 g/mol. The fourth-order valence-corrected chi connectivity index (χ4v) is 12.1. The van der Waals surface area contributed by atoms with Crippen molar-refractivity contribution in [2.45, 2.75) is 6.61 Å². The molecular formula is C32H21NO2Si. The van der Waals surface area contributed by atoms with Gasteiger partial charge in [-0.1, -0.05) is 91.0 Å². The standard InChI is InChI=1S/C32H21NO2Si/c34-32-25-19-22(18-17-21(25)20-35-32)33-26-11-3-7-15-30(26)36(31-16-8-4-12-27(31)33)28-13-5-1-9-23(28)24-10-2-6-14-29(24)36/h1-19H,20H2. The average Bonchev–Trinajstić information content (AvgIpc) is 3.45. The molecule has 0 saturated carbocycles. The van der Waals surface area contributed by atoms with E-state index in [0.717, 1.165) is 11.3 Å². The predicted octanol–water partition coefficient (Wildman–Crippen LogP) is 4.50. The highest BCUT2D eigenvalue weighted by molar-refractivity contribution is 7.23. The van der Waals surface area contributed by atoms with Gasteiger partial charge in [0.15, 0.2) is 8.07 Å². The number of esters is 1. The second kappa shape index (κ2) is 7.06. The molecule has 3 aliphatic heterocycles. The van der Waals surface area contributed by atoms with Gasteiger partial charge in [0, 0.05) is 22.6 Å². The zero-order chi connectivity index (χ0) is 23.9. The smallest absolute Gasteiger partial charge is 0.338 e. The molecule has 8 rings (SSSR count). The maximum atomic E-state index is 12.4. The Morgan fingerprint density at radius 3 is 1.72 bits per heavy atom. The van der Waals surface area contributed by atoms with Gasteiger partial charge in [0.1, 0.15) is 6.61 Å². The summed E-state index contributed by atoms with van der Waals surface area (Å²) < 4.78 is 5.31. The zero-order valence-corrected chi connectivity index (χ0v) is 20.4. The highest BCUT2D eigenvalue weighted by Gasteiger charge is 2.53. The molecule has 36 heavy (non-hydrogen) atoms. The monoisotopic (exact) mass is 479 g/mol. The molecule has 0 amide bonds. The average molecular weight is 480 g/mol. The van der Waals surface area contributed by atoms with E-state index in [4.69, 9.17) is 4.74 Å². The second-order valence-electron chi connectivity index (χ2n) is 9.63. The molecule has 5 aromatic rings. The zero-order valence-electron chi connectivity index (χ0n) is 19.4. The van der Waals surface area contributed by atoms with E-state index in [1.54, 1.807) is 0 Å². The van der Waals surface area contributed by atoms with Crippen LogP contribution in [-0.4, -0.2) is 14.0 Å². The number of ether oxygens (including phenoxy) is 1. The minimum atomic E-state index is -2.54. The normalized spacial score (nSPS) is 15.6. The first-order valence-electron chi connectivity index (χ1n) is 12.3. The number of carbonyl (C=O) groups is 1. The summed E-state index contributed by atoms with van der Waals surface area (Å²) in [6.07, 6.45) is 0. The molecule has 5 aromatic carbocycles. The van der Waals surface area contributed by atoms with Crippen molar-refractivity contribution < 1.29 is 9.53 Å². The van der Waals surface area contributed by atoms with Crippen molar-refractivity contribution in [2.24, 2.45) is 0 Å². The van der Waals surface area contributed by atoms with Crippen LogP contribution in [0.5, 0.6) is 0 Å². The Balaban J connectivity index is 1.49. The minimum Gasteiger partial charge on any atom is -0.457 e. The highest BCUT2D eigenvalue weighted by atomic mass is 28.3. The van der Waals surface area contributed by atoms with Crippen molar-refractivity contribution in [3.63, 3.8) is 0 Å². The Kier molecular flexibility index (Phi) is 3.89. The SMILES string of the molecule is O=C1OCc2ccc(N3c4ccccc4[Si]4(c5ccccc5-c5ccccc54)c4ccccc43)cc21. The number of anilines is 3.